The smallest absolute Gasteiger partial charge is 0.213 e. The van der Waals surface area contributed by atoms with Gasteiger partial charge in [-0.05, 0) is 30.5 Å². The van der Waals surface area contributed by atoms with Crippen LogP contribution in [0.5, 0.6) is 5.88 Å². The number of hydrogen-bond donors (Lipinski definition) is 1. The lowest BCUT2D eigenvalue weighted by Crippen LogP contribution is -2.27. The van der Waals surface area contributed by atoms with Crippen molar-refractivity contribution < 1.29 is 4.74 Å². The van der Waals surface area contributed by atoms with Crippen molar-refractivity contribution in [3.8, 4) is 5.88 Å². The first-order chi connectivity index (χ1) is 12.6. The molecule has 4 heteroatoms. The van der Waals surface area contributed by atoms with Crippen LogP contribution in [0.2, 0.25) is 0 Å². The Bertz CT molecular complexity index is 890. The Balaban J connectivity index is 1.41. The van der Waals surface area contributed by atoms with Crippen LogP contribution in [0.15, 0.2) is 60.9 Å². The lowest BCUT2D eigenvalue weighted by Gasteiger charge is -2.23. The zero-order valence-electron chi connectivity index (χ0n) is 15.2. The first-order valence-electron chi connectivity index (χ1n) is 8.95. The van der Waals surface area contributed by atoms with Crippen molar-refractivity contribution in [1.29, 1.82) is 0 Å². The molecule has 1 aliphatic rings. The summed E-state index contributed by atoms with van der Waals surface area (Å²) < 4.78 is 5.80. The standard InChI is InChI=1S/C22H23N3O/c1-16-5-7-17(8-6-16)14-26-20-10-9-18(13-24-20)12-22(2)15-25-21-19(22)4-3-11-23-21/h3-11,13H,12,14-15H2,1-2H3,(H,23,25). The summed E-state index contributed by atoms with van der Waals surface area (Å²) >= 11 is 0. The maximum absolute atomic E-state index is 5.80. The normalized spacial score (nSPS) is 18.2. The number of aryl methyl sites for hydroxylation is 1. The number of aromatic nitrogens is 2. The van der Waals surface area contributed by atoms with Gasteiger partial charge in [0.15, 0.2) is 0 Å². The number of rotatable bonds is 5. The minimum atomic E-state index is 0.0372. The van der Waals surface area contributed by atoms with E-state index in [4.69, 9.17) is 4.74 Å². The number of nitrogens with one attached hydrogen (secondary N) is 1. The van der Waals surface area contributed by atoms with Gasteiger partial charge in [-0.25, -0.2) is 9.97 Å². The minimum Gasteiger partial charge on any atom is -0.473 e. The molecule has 4 rings (SSSR count). The Morgan fingerprint density at radius 2 is 1.85 bits per heavy atom. The molecule has 0 amide bonds. The Hall–Kier alpha value is -2.88. The molecule has 1 N–H and O–H groups in total. The number of nitrogens with zero attached hydrogens (tertiary/aromatic N) is 2. The number of ether oxygens (including phenoxy) is 1. The summed E-state index contributed by atoms with van der Waals surface area (Å²) in [6.07, 6.45) is 4.67. The molecule has 4 nitrogen and oxygen atoms in total. The molecule has 26 heavy (non-hydrogen) atoms. The molecule has 0 bridgehead atoms. The highest BCUT2D eigenvalue weighted by molar-refractivity contribution is 5.55. The maximum atomic E-state index is 5.80. The van der Waals surface area contributed by atoms with Gasteiger partial charge >= 0.3 is 0 Å². The summed E-state index contributed by atoms with van der Waals surface area (Å²) in [5.41, 5.74) is 4.92. The highest BCUT2D eigenvalue weighted by Gasteiger charge is 2.35. The zero-order valence-corrected chi connectivity index (χ0v) is 15.2. The van der Waals surface area contributed by atoms with Crippen molar-refractivity contribution in [2.45, 2.75) is 32.3 Å². The number of benzene rings is 1. The molecule has 132 valence electrons. The molecule has 3 aromatic rings. The number of fused-ring (bicyclic) bond motifs is 1. The average Bonchev–Trinajstić information content (AvgIpc) is 3.00. The summed E-state index contributed by atoms with van der Waals surface area (Å²) in [6.45, 7) is 5.79. The van der Waals surface area contributed by atoms with Gasteiger partial charge in [-0.2, -0.15) is 0 Å². The molecule has 0 spiro atoms. The highest BCUT2D eigenvalue weighted by Crippen LogP contribution is 2.37. The van der Waals surface area contributed by atoms with Crippen LogP contribution in [0.25, 0.3) is 0 Å². The summed E-state index contributed by atoms with van der Waals surface area (Å²) in [5.74, 6) is 1.66. The fraction of sp³-hybridized carbons (Fsp3) is 0.273. The van der Waals surface area contributed by atoms with Crippen LogP contribution in [0.1, 0.15) is 29.2 Å². The van der Waals surface area contributed by atoms with Crippen LogP contribution >= 0.6 is 0 Å². The van der Waals surface area contributed by atoms with Crippen LogP contribution in [0, 0.1) is 6.92 Å². The molecule has 0 aliphatic carbocycles. The van der Waals surface area contributed by atoms with E-state index in [1.165, 1.54) is 16.7 Å². The molecule has 3 heterocycles. The Morgan fingerprint density at radius 3 is 2.62 bits per heavy atom. The third kappa shape index (κ3) is 3.40. The van der Waals surface area contributed by atoms with E-state index in [1.54, 1.807) is 0 Å². The summed E-state index contributed by atoms with van der Waals surface area (Å²) in [6, 6.07) is 16.6. The van der Waals surface area contributed by atoms with Gasteiger partial charge in [0, 0.05) is 36.0 Å². The van der Waals surface area contributed by atoms with E-state index in [1.807, 2.05) is 24.5 Å². The largest absolute Gasteiger partial charge is 0.473 e. The zero-order chi connectivity index (χ0) is 18.0. The quantitative estimate of drug-likeness (QED) is 0.749. The van der Waals surface area contributed by atoms with E-state index < -0.39 is 0 Å². The summed E-state index contributed by atoms with van der Waals surface area (Å²) in [4.78, 5) is 8.90. The molecule has 0 radical (unpaired) electrons. The fourth-order valence-corrected chi connectivity index (χ4v) is 3.46. The van der Waals surface area contributed by atoms with Crippen LogP contribution < -0.4 is 10.1 Å². The minimum absolute atomic E-state index is 0.0372. The van der Waals surface area contributed by atoms with Gasteiger partial charge in [0.25, 0.3) is 0 Å². The third-order valence-corrected chi connectivity index (χ3v) is 5.00. The molecule has 1 aliphatic heterocycles. The lowest BCUT2D eigenvalue weighted by molar-refractivity contribution is 0.293. The average molecular weight is 345 g/mol. The van der Waals surface area contributed by atoms with Crippen LogP contribution in [-0.2, 0) is 18.4 Å². The van der Waals surface area contributed by atoms with Gasteiger partial charge in [0.1, 0.15) is 12.4 Å². The van der Waals surface area contributed by atoms with E-state index in [0.29, 0.717) is 12.5 Å². The molecule has 1 atom stereocenters. The molecule has 2 aromatic heterocycles. The van der Waals surface area contributed by atoms with Crippen molar-refractivity contribution in [2.24, 2.45) is 0 Å². The fourth-order valence-electron chi connectivity index (χ4n) is 3.46. The SMILES string of the molecule is Cc1ccc(COc2ccc(CC3(C)CNc4ncccc43)cn2)cc1. The Labute approximate surface area is 154 Å². The van der Waals surface area contributed by atoms with Gasteiger partial charge in [-0.15, -0.1) is 0 Å². The molecule has 1 unspecified atom stereocenters. The van der Waals surface area contributed by atoms with Gasteiger partial charge in [0.2, 0.25) is 5.88 Å². The first kappa shape index (κ1) is 16.6. The summed E-state index contributed by atoms with van der Waals surface area (Å²) in [5, 5.41) is 3.41. The van der Waals surface area contributed by atoms with Gasteiger partial charge in [0.05, 0.1) is 0 Å². The van der Waals surface area contributed by atoms with E-state index in [0.717, 1.165) is 24.3 Å². The second-order valence-corrected chi connectivity index (χ2v) is 7.27. The van der Waals surface area contributed by atoms with E-state index in [-0.39, 0.29) is 5.41 Å². The van der Waals surface area contributed by atoms with Crippen LogP contribution in [-0.4, -0.2) is 16.5 Å². The van der Waals surface area contributed by atoms with Crippen molar-refractivity contribution in [3.05, 3.63) is 83.2 Å². The molecular weight excluding hydrogens is 322 g/mol. The monoisotopic (exact) mass is 345 g/mol. The summed E-state index contributed by atoms with van der Waals surface area (Å²) in [7, 11) is 0. The number of pyridine rings is 2. The predicted molar refractivity (Wildman–Crippen MR) is 104 cm³/mol. The Morgan fingerprint density at radius 1 is 1.04 bits per heavy atom. The maximum Gasteiger partial charge on any atom is 0.213 e. The van der Waals surface area contributed by atoms with E-state index in [2.05, 4.69) is 65.5 Å². The second kappa shape index (κ2) is 6.79. The van der Waals surface area contributed by atoms with Gasteiger partial charge < -0.3 is 10.1 Å². The van der Waals surface area contributed by atoms with Crippen molar-refractivity contribution >= 4 is 5.82 Å². The van der Waals surface area contributed by atoms with Gasteiger partial charge in [-0.3, -0.25) is 0 Å². The van der Waals surface area contributed by atoms with E-state index in [9.17, 15) is 0 Å². The third-order valence-electron chi connectivity index (χ3n) is 5.00. The first-order valence-corrected chi connectivity index (χ1v) is 8.95. The van der Waals surface area contributed by atoms with Crippen molar-refractivity contribution in [1.82, 2.24) is 9.97 Å². The van der Waals surface area contributed by atoms with E-state index >= 15 is 0 Å². The number of hydrogen-bond acceptors (Lipinski definition) is 4. The molecule has 0 saturated carbocycles. The van der Waals surface area contributed by atoms with Crippen molar-refractivity contribution in [3.63, 3.8) is 0 Å². The topological polar surface area (TPSA) is 47.0 Å². The van der Waals surface area contributed by atoms with Crippen molar-refractivity contribution in [2.75, 3.05) is 11.9 Å². The lowest BCUT2D eigenvalue weighted by atomic mass is 9.80. The predicted octanol–water partition coefficient (Wildman–Crippen LogP) is 4.29. The van der Waals surface area contributed by atoms with Gasteiger partial charge in [-0.1, -0.05) is 48.9 Å². The Kier molecular flexibility index (Phi) is 4.33. The van der Waals surface area contributed by atoms with Crippen LogP contribution in [0.3, 0.4) is 0 Å². The molecular formula is C22H23N3O. The molecule has 1 aromatic carbocycles. The van der Waals surface area contributed by atoms with Crippen LogP contribution in [0.4, 0.5) is 5.82 Å². The molecule has 0 saturated heterocycles. The highest BCUT2D eigenvalue weighted by atomic mass is 16.5. The number of anilines is 1. The molecule has 0 fully saturated rings. The second-order valence-electron chi connectivity index (χ2n) is 7.27.